The Bertz CT molecular complexity index is 428. The Morgan fingerprint density at radius 3 is 2.67 bits per heavy atom. The Kier molecular flexibility index (Phi) is 3.82. The molecule has 5 heteroatoms. The number of halogens is 1. The summed E-state index contributed by atoms with van der Waals surface area (Å²) >= 11 is 0. The van der Waals surface area contributed by atoms with Crippen LogP contribution in [0.4, 0.5) is 4.39 Å². The molecule has 0 radical (unpaired) electrons. The van der Waals surface area contributed by atoms with Crippen LogP contribution in [0, 0.1) is 5.82 Å². The fourth-order valence-electron chi connectivity index (χ4n) is 1.17. The van der Waals surface area contributed by atoms with Gasteiger partial charge in [0.2, 0.25) is 0 Å². The third-order valence-corrected chi connectivity index (χ3v) is 3.79. The van der Waals surface area contributed by atoms with Crippen LogP contribution in [0.3, 0.4) is 0 Å². The molecule has 1 atom stereocenters. The molecule has 0 saturated carbocycles. The smallest absolute Gasteiger partial charge is 0.152 e. The second-order valence-electron chi connectivity index (χ2n) is 3.27. The molecule has 1 aromatic rings. The molecule has 1 N–H and O–H groups in total. The van der Waals surface area contributed by atoms with Gasteiger partial charge in [0.1, 0.15) is 5.82 Å². The summed E-state index contributed by atoms with van der Waals surface area (Å²) < 4.78 is 35.2. The van der Waals surface area contributed by atoms with E-state index in [-0.39, 0.29) is 17.1 Å². The van der Waals surface area contributed by atoms with Crippen LogP contribution in [-0.2, 0) is 9.84 Å². The van der Waals surface area contributed by atoms with Gasteiger partial charge in [0.15, 0.2) is 9.84 Å². The Morgan fingerprint density at radius 1 is 1.47 bits per heavy atom. The van der Waals surface area contributed by atoms with Crippen LogP contribution in [-0.4, -0.2) is 25.0 Å². The molecule has 15 heavy (non-hydrogen) atoms. The first-order valence-electron chi connectivity index (χ1n) is 4.58. The quantitative estimate of drug-likeness (QED) is 0.851. The monoisotopic (exact) mass is 232 g/mol. The van der Waals surface area contributed by atoms with Crippen molar-refractivity contribution < 1.29 is 17.9 Å². The Morgan fingerprint density at radius 2 is 2.13 bits per heavy atom. The van der Waals surface area contributed by atoms with Crippen LogP contribution in [0.1, 0.15) is 18.6 Å². The molecule has 84 valence electrons. The van der Waals surface area contributed by atoms with Crippen molar-refractivity contribution in [2.75, 3.05) is 11.5 Å². The molecular formula is C10H13FO3S. The van der Waals surface area contributed by atoms with Crippen molar-refractivity contribution in [3.05, 3.63) is 35.6 Å². The van der Waals surface area contributed by atoms with Gasteiger partial charge in [-0.2, -0.15) is 0 Å². The topological polar surface area (TPSA) is 54.4 Å². The maximum absolute atomic E-state index is 12.8. The number of aliphatic hydroxyl groups excluding tert-OH is 1. The zero-order chi connectivity index (χ0) is 11.5. The molecule has 0 aromatic heterocycles. The second kappa shape index (κ2) is 4.72. The first-order chi connectivity index (χ1) is 6.94. The van der Waals surface area contributed by atoms with E-state index < -0.39 is 21.8 Å². The zero-order valence-corrected chi connectivity index (χ0v) is 9.17. The van der Waals surface area contributed by atoms with E-state index in [4.69, 9.17) is 0 Å². The number of benzene rings is 1. The van der Waals surface area contributed by atoms with Crippen molar-refractivity contribution in [2.24, 2.45) is 0 Å². The lowest BCUT2D eigenvalue weighted by molar-refractivity contribution is 0.201. The van der Waals surface area contributed by atoms with E-state index in [0.29, 0.717) is 0 Å². The highest BCUT2D eigenvalue weighted by Gasteiger charge is 2.17. The molecule has 0 fully saturated rings. The Balaban J connectivity index is 2.82. The average molecular weight is 232 g/mol. The van der Waals surface area contributed by atoms with Gasteiger partial charge in [-0.3, -0.25) is 0 Å². The standard InChI is InChI=1S/C10H13FO3S/c1-2-15(13,14)7-10(12)8-4-3-5-9(11)6-8/h3-6,10,12H,2,7H2,1H3. The number of hydrogen-bond acceptors (Lipinski definition) is 3. The molecule has 1 rings (SSSR count). The molecule has 0 bridgehead atoms. The summed E-state index contributed by atoms with van der Waals surface area (Å²) in [6, 6.07) is 5.31. The highest BCUT2D eigenvalue weighted by molar-refractivity contribution is 7.91. The lowest BCUT2D eigenvalue weighted by Gasteiger charge is -2.10. The van der Waals surface area contributed by atoms with Gasteiger partial charge in [0.05, 0.1) is 11.9 Å². The fourth-order valence-corrected chi connectivity index (χ4v) is 2.08. The molecule has 3 nitrogen and oxygen atoms in total. The third-order valence-electron chi connectivity index (χ3n) is 2.09. The van der Waals surface area contributed by atoms with E-state index in [1.807, 2.05) is 0 Å². The predicted molar refractivity (Wildman–Crippen MR) is 55.7 cm³/mol. The molecule has 0 amide bonds. The Labute approximate surface area is 88.5 Å². The number of aliphatic hydroxyl groups is 1. The van der Waals surface area contributed by atoms with Gasteiger partial charge in [-0.05, 0) is 17.7 Å². The predicted octanol–water partition coefficient (Wildman–Crippen LogP) is 1.29. The lowest BCUT2D eigenvalue weighted by atomic mass is 10.1. The fraction of sp³-hybridized carbons (Fsp3) is 0.400. The second-order valence-corrected chi connectivity index (χ2v) is 5.67. The summed E-state index contributed by atoms with van der Waals surface area (Å²) in [5.41, 5.74) is 0.284. The van der Waals surface area contributed by atoms with E-state index in [0.717, 1.165) is 6.07 Å². The van der Waals surface area contributed by atoms with Crippen LogP contribution in [0.5, 0.6) is 0 Å². The van der Waals surface area contributed by atoms with Gasteiger partial charge < -0.3 is 5.11 Å². The van der Waals surface area contributed by atoms with Crippen LogP contribution in [0.2, 0.25) is 0 Å². The average Bonchev–Trinajstić information content (AvgIpc) is 2.17. The third kappa shape index (κ3) is 3.60. The molecule has 0 spiro atoms. The molecular weight excluding hydrogens is 219 g/mol. The van der Waals surface area contributed by atoms with Gasteiger partial charge in [-0.1, -0.05) is 19.1 Å². The highest BCUT2D eigenvalue weighted by Crippen LogP contribution is 2.16. The number of hydrogen-bond donors (Lipinski definition) is 1. The Hall–Kier alpha value is -0.940. The van der Waals surface area contributed by atoms with Gasteiger partial charge >= 0.3 is 0 Å². The SMILES string of the molecule is CCS(=O)(=O)CC(O)c1cccc(F)c1. The van der Waals surface area contributed by atoms with Crippen LogP contribution < -0.4 is 0 Å². The van der Waals surface area contributed by atoms with E-state index in [1.54, 1.807) is 0 Å². The molecule has 1 aromatic carbocycles. The van der Waals surface area contributed by atoms with Crippen LogP contribution in [0.15, 0.2) is 24.3 Å². The van der Waals surface area contributed by atoms with Crippen molar-refractivity contribution in [3.8, 4) is 0 Å². The van der Waals surface area contributed by atoms with Gasteiger partial charge in [0, 0.05) is 5.75 Å². The van der Waals surface area contributed by atoms with Gasteiger partial charge in [-0.25, -0.2) is 12.8 Å². The molecule has 0 aliphatic heterocycles. The van der Waals surface area contributed by atoms with Gasteiger partial charge in [0.25, 0.3) is 0 Å². The summed E-state index contributed by atoms with van der Waals surface area (Å²) in [5, 5.41) is 9.57. The number of sulfone groups is 1. The van der Waals surface area contributed by atoms with Crippen LogP contribution in [0.25, 0.3) is 0 Å². The largest absolute Gasteiger partial charge is 0.387 e. The summed E-state index contributed by atoms with van der Waals surface area (Å²) in [6.07, 6.45) is -1.16. The minimum absolute atomic E-state index is 0.0284. The van der Waals surface area contributed by atoms with Crippen LogP contribution >= 0.6 is 0 Å². The molecule has 0 aliphatic carbocycles. The van der Waals surface area contributed by atoms with E-state index in [9.17, 15) is 17.9 Å². The van der Waals surface area contributed by atoms with Crippen molar-refractivity contribution in [1.82, 2.24) is 0 Å². The summed E-state index contributed by atoms with van der Waals surface area (Å²) in [6.45, 7) is 1.51. The molecule has 0 heterocycles. The normalized spacial score (nSPS) is 13.8. The minimum atomic E-state index is -3.25. The van der Waals surface area contributed by atoms with Crippen molar-refractivity contribution in [3.63, 3.8) is 0 Å². The molecule has 0 saturated heterocycles. The van der Waals surface area contributed by atoms with Crippen molar-refractivity contribution in [2.45, 2.75) is 13.0 Å². The number of rotatable bonds is 4. The summed E-state index contributed by atoms with van der Waals surface area (Å²) in [5.74, 6) is -0.882. The maximum atomic E-state index is 12.8. The van der Waals surface area contributed by atoms with E-state index in [2.05, 4.69) is 0 Å². The van der Waals surface area contributed by atoms with Gasteiger partial charge in [-0.15, -0.1) is 0 Å². The first-order valence-corrected chi connectivity index (χ1v) is 6.40. The highest BCUT2D eigenvalue weighted by atomic mass is 32.2. The minimum Gasteiger partial charge on any atom is -0.387 e. The maximum Gasteiger partial charge on any atom is 0.152 e. The summed E-state index contributed by atoms with van der Waals surface area (Å²) in [7, 11) is -3.25. The molecule has 1 unspecified atom stereocenters. The van der Waals surface area contributed by atoms with Crippen molar-refractivity contribution >= 4 is 9.84 Å². The lowest BCUT2D eigenvalue weighted by Crippen LogP contribution is -2.16. The zero-order valence-electron chi connectivity index (χ0n) is 8.35. The van der Waals surface area contributed by atoms with E-state index >= 15 is 0 Å². The first kappa shape index (κ1) is 12.1. The van der Waals surface area contributed by atoms with E-state index in [1.165, 1.54) is 25.1 Å². The van der Waals surface area contributed by atoms with Crippen molar-refractivity contribution in [1.29, 1.82) is 0 Å². The molecule has 0 aliphatic rings. The summed E-state index contributed by atoms with van der Waals surface area (Å²) in [4.78, 5) is 0.